The summed E-state index contributed by atoms with van der Waals surface area (Å²) in [6.45, 7) is 12.5. The Labute approximate surface area is 170 Å². The Balaban J connectivity index is 0.00000352. The summed E-state index contributed by atoms with van der Waals surface area (Å²) < 4.78 is 5.77. The maximum atomic E-state index is 10.1. The zero-order valence-electron chi connectivity index (χ0n) is 17.7. The van der Waals surface area contributed by atoms with E-state index < -0.39 is 6.04 Å². The molecule has 1 rings (SSSR count). The van der Waals surface area contributed by atoms with Crippen molar-refractivity contribution >= 4 is 0 Å². The van der Waals surface area contributed by atoms with E-state index in [1.807, 2.05) is 52.0 Å². The molecule has 0 radical (unpaired) electrons. The van der Waals surface area contributed by atoms with Gasteiger partial charge in [0.05, 0.1) is 18.3 Å². The predicted octanol–water partition coefficient (Wildman–Crippen LogP) is 4.21. The smallest absolute Gasteiger partial charge is 0.139 e. The largest absolute Gasteiger partial charge is 0.508 e. The first-order valence-electron chi connectivity index (χ1n) is 9.81. The number of benzene rings is 1. The predicted molar refractivity (Wildman–Crippen MR) is 119 cm³/mol. The lowest BCUT2D eigenvalue weighted by molar-refractivity contribution is 0.221. The molecule has 0 fully saturated rings. The maximum absolute atomic E-state index is 10.1. The van der Waals surface area contributed by atoms with Crippen LogP contribution in [-0.2, 0) is 17.7 Å². The summed E-state index contributed by atoms with van der Waals surface area (Å²) >= 11 is 0. The van der Waals surface area contributed by atoms with Gasteiger partial charge in [-0.1, -0.05) is 57.7 Å². The zero-order chi connectivity index (χ0) is 21.5. The van der Waals surface area contributed by atoms with Crippen molar-refractivity contribution in [3.63, 3.8) is 0 Å². The van der Waals surface area contributed by atoms with Crippen LogP contribution in [0.15, 0.2) is 71.9 Å². The number of aliphatic hydroxyl groups excluding tert-OH is 1. The van der Waals surface area contributed by atoms with Crippen molar-refractivity contribution in [3.05, 3.63) is 83.0 Å². The summed E-state index contributed by atoms with van der Waals surface area (Å²) in [5.41, 5.74) is 20.8. The number of rotatable bonds is 10. The molecule has 0 aliphatic rings. The van der Waals surface area contributed by atoms with E-state index in [4.69, 9.17) is 21.9 Å². The molecule has 1 aromatic rings. The number of hydrogen-bond acceptors (Lipinski definition) is 5. The minimum Gasteiger partial charge on any atom is -0.508 e. The Bertz CT molecular complexity index is 674. The molecule has 0 aromatic heterocycles. The lowest BCUT2D eigenvalue weighted by Gasteiger charge is -2.16. The van der Waals surface area contributed by atoms with Gasteiger partial charge in [-0.2, -0.15) is 0 Å². The fourth-order valence-electron chi connectivity index (χ4n) is 2.44. The standard InChI is InChI=1S/C21H31N3O2.C2H6/c1-4-6-20(25)18(5-2)19(24)13-21(15(3)23)26-12-11-16-7-9-17(14-22)10-8-16;1-2/h5-10,13,19,25H,3-4,11-12,14,22-24H2,1-2H3;1-2H3/b18-5-,20-6+,21-13+;. The van der Waals surface area contributed by atoms with Gasteiger partial charge in [0.1, 0.15) is 11.5 Å². The lowest BCUT2D eigenvalue weighted by atomic mass is 10.0. The SMILES string of the molecule is C=C(N)/C(=C\C(N)C(=C/C)/C(O)=C\CC)OCCc1ccc(CN)cc1.CC. The molecular formula is C23H37N3O2. The minimum atomic E-state index is -0.540. The highest BCUT2D eigenvalue weighted by Crippen LogP contribution is 2.16. The highest BCUT2D eigenvalue weighted by molar-refractivity contribution is 5.35. The second-order valence-electron chi connectivity index (χ2n) is 5.94. The molecule has 1 aromatic carbocycles. The van der Waals surface area contributed by atoms with Gasteiger partial charge in [-0.05, 0) is 36.6 Å². The molecular weight excluding hydrogens is 350 g/mol. The van der Waals surface area contributed by atoms with Crippen LogP contribution in [0.25, 0.3) is 0 Å². The van der Waals surface area contributed by atoms with Crippen LogP contribution in [0.2, 0.25) is 0 Å². The molecule has 5 nitrogen and oxygen atoms in total. The number of aliphatic hydroxyl groups is 1. The molecule has 0 aliphatic carbocycles. The average molecular weight is 388 g/mol. The van der Waals surface area contributed by atoms with Gasteiger partial charge >= 0.3 is 0 Å². The number of nitrogens with two attached hydrogens (primary N) is 3. The molecule has 28 heavy (non-hydrogen) atoms. The van der Waals surface area contributed by atoms with Gasteiger partial charge in [-0.3, -0.25) is 0 Å². The van der Waals surface area contributed by atoms with E-state index in [9.17, 15) is 5.11 Å². The fraction of sp³-hybridized carbons (Fsp3) is 0.391. The van der Waals surface area contributed by atoms with Crippen LogP contribution in [-0.4, -0.2) is 17.8 Å². The average Bonchev–Trinajstić information content (AvgIpc) is 2.70. The molecule has 0 bridgehead atoms. The minimum absolute atomic E-state index is 0.167. The highest BCUT2D eigenvalue weighted by Gasteiger charge is 2.13. The van der Waals surface area contributed by atoms with Crippen molar-refractivity contribution in [2.24, 2.45) is 17.2 Å². The van der Waals surface area contributed by atoms with Crippen molar-refractivity contribution in [1.29, 1.82) is 0 Å². The van der Waals surface area contributed by atoms with E-state index in [-0.39, 0.29) is 5.76 Å². The Hall–Kier alpha value is -2.50. The summed E-state index contributed by atoms with van der Waals surface area (Å²) in [7, 11) is 0. The Morgan fingerprint density at radius 2 is 1.79 bits per heavy atom. The Morgan fingerprint density at radius 1 is 1.21 bits per heavy atom. The molecule has 0 saturated heterocycles. The van der Waals surface area contributed by atoms with Gasteiger partial charge in [-0.25, -0.2) is 0 Å². The normalized spacial score (nSPS) is 13.4. The first-order valence-corrected chi connectivity index (χ1v) is 9.81. The summed E-state index contributed by atoms with van der Waals surface area (Å²) in [5.74, 6) is 0.598. The first-order chi connectivity index (χ1) is 13.4. The third-order valence-electron chi connectivity index (χ3n) is 3.92. The van der Waals surface area contributed by atoms with E-state index >= 15 is 0 Å². The molecule has 1 unspecified atom stereocenters. The van der Waals surface area contributed by atoms with Gasteiger partial charge in [0.25, 0.3) is 0 Å². The lowest BCUT2D eigenvalue weighted by Crippen LogP contribution is -2.23. The third-order valence-corrected chi connectivity index (χ3v) is 3.92. The Kier molecular flexibility index (Phi) is 13.2. The summed E-state index contributed by atoms with van der Waals surface area (Å²) in [5, 5.41) is 10.1. The monoisotopic (exact) mass is 387 g/mol. The van der Waals surface area contributed by atoms with Gasteiger partial charge < -0.3 is 27.0 Å². The van der Waals surface area contributed by atoms with Gasteiger partial charge in [0, 0.05) is 18.5 Å². The molecule has 0 amide bonds. The molecule has 0 aliphatic heterocycles. The van der Waals surface area contributed by atoms with E-state index in [0.29, 0.717) is 30.2 Å². The van der Waals surface area contributed by atoms with Crippen LogP contribution in [0.5, 0.6) is 0 Å². The highest BCUT2D eigenvalue weighted by atomic mass is 16.5. The van der Waals surface area contributed by atoms with Crippen LogP contribution in [0, 0.1) is 0 Å². The summed E-state index contributed by atoms with van der Waals surface area (Å²) in [6.07, 6.45) is 6.61. The molecule has 0 heterocycles. The van der Waals surface area contributed by atoms with Crippen molar-refractivity contribution < 1.29 is 9.84 Å². The van der Waals surface area contributed by atoms with Crippen molar-refractivity contribution in [1.82, 2.24) is 0 Å². The summed E-state index contributed by atoms with van der Waals surface area (Å²) in [6, 6.07) is 7.53. The van der Waals surface area contributed by atoms with E-state index in [1.165, 1.54) is 0 Å². The number of allylic oxidation sites excluding steroid dienone is 2. The van der Waals surface area contributed by atoms with Crippen LogP contribution >= 0.6 is 0 Å². The molecule has 5 heteroatoms. The van der Waals surface area contributed by atoms with Crippen molar-refractivity contribution in [3.8, 4) is 0 Å². The summed E-state index contributed by atoms with van der Waals surface area (Å²) in [4.78, 5) is 0. The molecule has 0 saturated carbocycles. The second kappa shape index (κ2) is 14.5. The van der Waals surface area contributed by atoms with Gasteiger partial charge in [0.2, 0.25) is 0 Å². The van der Waals surface area contributed by atoms with Crippen LogP contribution < -0.4 is 17.2 Å². The fourth-order valence-corrected chi connectivity index (χ4v) is 2.44. The Morgan fingerprint density at radius 3 is 2.25 bits per heavy atom. The topological polar surface area (TPSA) is 108 Å². The van der Waals surface area contributed by atoms with E-state index in [2.05, 4.69) is 6.58 Å². The van der Waals surface area contributed by atoms with Crippen LogP contribution in [0.1, 0.15) is 45.2 Å². The van der Waals surface area contributed by atoms with E-state index in [1.54, 1.807) is 18.2 Å². The van der Waals surface area contributed by atoms with Crippen LogP contribution in [0.3, 0.4) is 0 Å². The zero-order valence-corrected chi connectivity index (χ0v) is 17.7. The molecule has 156 valence electrons. The molecule has 0 spiro atoms. The first kappa shape index (κ1) is 25.5. The van der Waals surface area contributed by atoms with Gasteiger partial charge in [-0.15, -0.1) is 0 Å². The molecule has 1 atom stereocenters. The van der Waals surface area contributed by atoms with Gasteiger partial charge in [0.15, 0.2) is 0 Å². The van der Waals surface area contributed by atoms with Crippen LogP contribution in [0.4, 0.5) is 0 Å². The second-order valence-corrected chi connectivity index (χ2v) is 5.94. The quantitative estimate of drug-likeness (QED) is 0.355. The molecule has 7 N–H and O–H groups in total. The number of ether oxygens (including phenoxy) is 1. The van der Waals surface area contributed by atoms with Crippen molar-refractivity contribution in [2.75, 3.05) is 6.61 Å². The third kappa shape index (κ3) is 8.93. The maximum Gasteiger partial charge on any atom is 0.139 e. The number of hydrogen-bond donors (Lipinski definition) is 4. The van der Waals surface area contributed by atoms with E-state index in [0.717, 1.165) is 24.0 Å². The van der Waals surface area contributed by atoms with Crippen molar-refractivity contribution in [2.45, 2.75) is 53.1 Å².